The highest BCUT2D eigenvalue weighted by molar-refractivity contribution is 6.13. The molecule has 4 nitrogen and oxygen atoms in total. The van der Waals surface area contributed by atoms with Crippen molar-refractivity contribution in [1.82, 2.24) is 0 Å². The number of carbonyl (C=O) groups is 1. The molecular formula is C17H19NO3. The lowest BCUT2D eigenvalue weighted by Crippen LogP contribution is -2.12. The summed E-state index contributed by atoms with van der Waals surface area (Å²) in [7, 11) is 1.55. The Morgan fingerprint density at radius 2 is 1.81 bits per heavy atom. The molecule has 0 amide bonds. The van der Waals surface area contributed by atoms with Crippen molar-refractivity contribution in [3.05, 3.63) is 53.6 Å². The third-order valence-corrected chi connectivity index (χ3v) is 3.00. The number of carbonyl (C=O) groups excluding carboxylic acids is 1. The lowest BCUT2D eigenvalue weighted by Gasteiger charge is -2.14. The van der Waals surface area contributed by atoms with E-state index in [1.165, 1.54) is 0 Å². The van der Waals surface area contributed by atoms with Crippen LogP contribution in [0.1, 0.15) is 29.8 Å². The molecule has 0 atom stereocenters. The van der Waals surface area contributed by atoms with E-state index < -0.39 is 0 Å². The molecule has 0 spiro atoms. The number of anilines is 1. The molecule has 0 saturated carbocycles. The van der Waals surface area contributed by atoms with Gasteiger partial charge in [-0.1, -0.05) is 12.1 Å². The van der Waals surface area contributed by atoms with E-state index in [0.717, 1.165) is 0 Å². The van der Waals surface area contributed by atoms with E-state index in [1.807, 2.05) is 19.9 Å². The Balaban J connectivity index is 2.45. The second-order valence-corrected chi connectivity index (χ2v) is 4.95. The number of ether oxygens (including phenoxy) is 2. The molecule has 0 bridgehead atoms. The van der Waals surface area contributed by atoms with E-state index >= 15 is 0 Å². The first-order chi connectivity index (χ1) is 10.0. The largest absolute Gasteiger partial charge is 0.497 e. The van der Waals surface area contributed by atoms with E-state index in [1.54, 1.807) is 43.5 Å². The van der Waals surface area contributed by atoms with Crippen LogP contribution in [-0.2, 0) is 0 Å². The quantitative estimate of drug-likeness (QED) is 0.676. The Morgan fingerprint density at radius 1 is 1.10 bits per heavy atom. The third-order valence-electron chi connectivity index (χ3n) is 3.00. The fourth-order valence-corrected chi connectivity index (χ4v) is 2.02. The topological polar surface area (TPSA) is 61.5 Å². The average molecular weight is 285 g/mol. The lowest BCUT2D eigenvalue weighted by molar-refractivity contribution is 0.103. The first-order valence-electron chi connectivity index (χ1n) is 6.77. The monoisotopic (exact) mass is 285 g/mol. The third kappa shape index (κ3) is 3.34. The number of nitrogens with two attached hydrogens (primary N) is 1. The van der Waals surface area contributed by atoms with Gasteiger partial charge in [-0.05, 0) is 44.2 Å². The van der Waals surface area contributed by atoms with Gasteiger partial charge in [-0.2, -0.15) is 0 Å². The van der Waals surface area contributed by atoms with Crippen LogP contribution < -0.4 is 15.2 Å². The van der Waals surface area contributed by atoms with Gasteiger partial charge in [-0.3, -0.25) is 4.79 Å². The molecule has 0 aromatic heterocycles. The highest BCUT2D eigenvalue weighted by Gasteiger charge is 2.18. The number of benzene rings is 2. The molecule has 0 unspecified atom stereocenters. The first-order valence-corrected chi connectivity index (χ1v) is 6.77. The molecule has 0 aliphatic carbocycles. The van der Waals surface area contributed by atoms with Gasteiger partial charge in [0.05, 0.1) is 18.8 Å². The van der Waals surface area contributed by atoms with Gasteiger partial charge in [-0.15, -0.1) is 0 Å². The van der Waals surface area contributed by atoms with Crippen molar-refractivity contribution >= 4 is 11.5 Å². The summed E-state index contributed by atoms with van der Waals surface area (Å²) in [5.74, 6) is 0.970. The minimum atomic E-state index is -0.178. The summed E-state index contributed by atoms with van der Waals surface area (Å²) in [5.41, 5.74) is 7.24. The number of hydrogen-bond acceptors (Lipinski definition) is 4. The Morgan fingerprint density at radius 3 is 2.48 bits per heavy atom. The van der Waals surface area contributed by atoms with Gasteiger partial charge >= 0.3 is 0 Å². The number of nitrogen functional groups attached to an aromatic ring is 1. The van der Waals surface area contributed by atoms with Gasteiger partial charge in [0.25, 0.3) is 0 Å². The van der Waals surface area contributed by atoms with Gasteiger partial charge in [0.2, 0.25) is 0 Å². The molecule has 21 heavy (non-hydrogen) atoms. The van der Waals surface area contributed by atoms with Crippen LogP contribution in [0.5, 0.6) is 11.5 Å². The van der Waals surface area contributed by atoms with Gasteiger partial charge in [-0.25, -0.2) is 0 Å². The zero-order chi connectivity index (χ0) is 15.4. The maximum atomic E-state index is 12.7. The molecule has 2 rings (SSSR count). The summed E-state index contributed by atoms with van der Waals surface area (Å²) in [4.78, 5) is 12.7. The van der Waals surface area contributed by atoms with Crippen LogP contribution >= 0.6 is 0 Å². The molecule has 0 aliphatic heterocycles. The number of methoxy groups -OCH3 is 1. The van der Waals surface area contributed by atoms with Gasteiger partial charge in [0.1, 0.15) is 11.5 Å². The van der Waals surface area contributed by atoms with Crippen LogP contribution in [0.4, 0.5) is 5.69 Å². The van der Waals surface area contributed by atoms with Crippen molar-refractivity contribution in [2.75, 3.05) is 12.8 Å². The van der Waals surface area contributed by atoms with Crippen LogP contribution in [0.25, 0.3) is 0 Å². The van der Waals surface area contributed by atoms with E-state index in [0.29, 0.717) is 28.3 Å². The molecule has 0 fully saturated rings. The van der Waals surface area contributed by atoms with Crippen molar-refractivity contribution in [2.24, 2.45) is 0 Å². The highest BCUT2D eigenvalue weighted by Crippen LogP contribution is 2.27. The van der Waals surface area contributed by atoms with Crippen molar-refractivity contribution in [3.63, 3.8) is 0 Å². The number of hydrogen-bond donors (Lipinski definition) is 1. The number of rotatable bonds is 5. The van der Waals surface area contributed by atoms with E-state index in [4.69, 9.17) is 15.2 Å². The normalized spacial score (nSPS) is 10.5. The number of ketones is 1. The Kier molecular flexibility index (Phi) is 4.48. The summed E-state index contributed by atoms with van der Waals surface area (Å²) in [6, 6.07) is 12.2. The molecule has 0 aliphatic rings. The van der Waals surface area contributed by atoms with Crippen LogP contribution in [-0.4, -0.2) is 19.0 Å². The van der Waals surface area contributed by atoms with Gasteiger partial charge in [0.15, 0.2) is 5.78 Å². The van der Waals surface area contributed by atoms with Crippen LogP contribution in [0.15, 0.2) is 42.5 Å². The van der Waals surface area contributed by atoms with Gasteiger partial charge < -0.3 is 15.2 Å². The predicted molar refractivity (Wildman–Crippen MR) is 83.0 cm³/mol. The molecule has 4 heteroatoms. The molecule has 0 saturated heterocycles. The van der Waals surface area contributed by atoms with Crippen molar-refractivity contribution < 1.29 is 14.3 Å². The average Bonchev–Trinajstić information content (AvgIpc) is 2.47. The molecule has 110 valence electrons. The van der Waals surface area contributed by atoms with Crippen molar-refractivity contribution in [1.29, 1.82) is 0 Å². The van der Waals surface area contributed by atoms with E-state index in [9.17, 15) is 4.79 Å². The minimum Gasteiger partial charge on any atom is -0.497 e. The number of para-hydroxylation sites is 1. The second kappa shape index (κ2) is 6.31. The van der Waals surface area contributed by atoms with E-state index in [-0.39, 0.29) is 11.9 Å². The summed E-state index contributed by atoms with van der Waals surface area (Å²) in [6.45, 7) is 3.84. The lowest BCUT2D eigenvalue weighted by atomic mass is 10.0. The van der Waals surface area contributed by atoms with Crippen LogP contribution in [0, 0.1) is 0 Å². The standard InChI is InChI=1S/C17H19NO3/c1-11(2)21-16-7-5-4-6-13(16)17(19)14-10-12(20-3)8-9-15(14)18/h4-11H,18H2,1-3H3. The summed E-state index contributed by atoms with van der Waals surface area (Å²) >= 11 is 0. The summed E-state index contributed by atoms with van der Waals surface area (Å²) in [6.07, 6.45) is -0.0124. The molecule has 2 aromatic carbocycles. The van der Waals surface area contributed by atoms with Crippen molar-refractivity contribution in [2.45, 2.75) is 20.0 Å². The Bertz CT molecular complexity index is 650. The fraction of sp³-hybridized carbons (Fsp3) is 0.235. The van der Waals surface area contributed by atoms with Crippen molar-refractivity contribution in [3.8, 4) is 11.5 Å². The van der Waals surface area contributed by atoms with Crippen LogP contribution in [0.3, 0.4) is 0 Å². The SMILES string of the molecule is COc1ccc(N)c(C(=O)c2ccccc2OC(C)C)c1. The summed E-state index contributed by atoms with van der Waals surface area (Å²) in [5, 5.41) is 0. The van der Waals surface area contributed by atoms with Crippen LogP contribution in [0.2, 0.25) is 0 Å². The maximum absolute atomic E-state index is 12.7. The Labute approximate surface area is 124 Å². The molecule has 0 radical (unpaired) electrons. The summed E-state index contributed by atoms with van der Waals surface area (Å²) < 4.78 is 10.8. The maximum Gasteiger partial charge on any atom is 0.198 e. The first kappa shape index (κ1) is 14.9. The zero-order valence-corrected chi connectivity index (χ0v) is 12.4. The molecule has 2 aromatic rings. The molecule has 2 N–H and O–H groups in total. The smallest absolute Gasteiger partial charge is 0.198 e. The highest BCUT2D eigenvalue weighted by atomic mass is 16.5. The minimum absolute atomic E-state index is 0.0124. The molecule has 0 heterocycles. The van der Waals surface area contributed by atoms with Gasteiger partial charge in [0, 0.05) is 11.3 Å². The fourth-order valence-electron chi connectivity index (χ4n) is 2.02. The Hall–Kier alpha value is -2.49. The second-order valence-electron chi connectivity index (χ2n) is 4.95. The van der Waals surface area contributed by atoms with E-state index in [2.05, 4.69) is 0 Å². The molecular weight excluding hydrogens is 266 g/mol. The zero-order valence-electron chi connectivity index (χ0n) is 12.4. The predicted octanol–water partition coefficient (Wildman–Crippen LogP) is 3.30.